The summed E-state index contributed by atoms with van der Waals surface area (Å²) in [4.78, 5) is 18.1. The summed E-state index contributed by atoms with van der Waals surface area (Å²) in [6.07, 6.45) is 3.81. The van der Waals surface area contributed by atoms with Crippen LogP contribution in [0.1, 0.15) is 48.7 Å². The van der Waals surface area contributed by atoms with E-state index in [0.29, 0.717) is 12.5 Å². The lowest BCUT2D eigenvalue weighted by molar-refractivity contribution is -0.123. The van der Waals surface area contributed by atoms with Crippen molar-refractivity contribution in [2.45, 2.75) is 38.6 Å². The van der Waals surface area contributed by atoms with Gasteiger partial charge in [-0.3, -0.25) is 9.69 Å². The number of hydrogen-bond acceptors (Lipinski definition) is 3. The third-order valence-electron chi connectivity index (χ3n) is 5.65. The average molecular weight is 365 g/mol. The van der Waals surface area contributed by atoms with Gasteiger partial charge in [-0.05, 0) is 69.5 Å². The summed E-state index contributed by atoms with van der Waals surface area (Å²) < 4.78 is 5.36. The minimum atomic E-state index is -0.0982. The van der Waals surface area contributed by atoms with Crippen LogP contribution < -0.4 is 5.32 Å². The first-order chi connectivity index (χ1) is 13.1. The second-order valence-corrected chi connectivity index (χ2v) is 7.56. The van der Waals surface area contributed by atoms with E-state index in [4.69, 9.17) is 4.42 Å². The Labute approximate surface area is 159 Å². The number of piperidine rings is 1. The Morgan fingerprint density at radius 2 is 2.04 bits per heavy atom. The van der Waals surface area contributed by atoms with E-state index in [-0.39, 0.29) is 11.9 Å². The number of para-hydroxylation sites is 1. The largest absolute Gasteiger partial charge is 0.467 e. The Kier molecular flexibility index (Phi) is 5.03. The van der Waals surface area contributed by atoms with Crippen LogP contribution in [0.25, 0.3) is 10.9 Å². The van der Waals surface area contributed by atoms with Gasteiger partial charge in [0.2, 0.25) is 5.91 Å². The summed E-state index contributed by atoms with van der Waals surface area (Å²) in [6.45, 7) is 6.47. The quantitative estimate of drug-likeness (QED) is 0.715. The number of aromatic amines is 1. The molecule has 0 spiro atoms. The fourth-order valence-electron chi connectivity index (χ4n) is 4.30. The number of carbonyl (C=O) groups excluding carboxylic acids is 1. The maximum atomic E-state index is 12.4. The molecule has 2 N–H and O–H groups in total. The summed E-state index contributed by atoms with van der Waals surface area (Å²) >= 11 is 0. The molecule has 1 aromatic carbocycles. The molecule has 3 heterocycles. The number of fused-ring (bicyclic) bond motifs is 1. The Bertz CT molecular complexity index is 905. The van der Waals surface area contributed by atoms with E-state index >= 15 is 0 Å². The van der Waals surface area contributed by atoms with E-state index in [9.17, 15) is 4.79 Å². The van der Waals surface area contributed by atoms with Crippen LogP contribution >= 0.6 is 0 Å². The summed E-state index contributed by atoms with van der Waals surface area (Å²) in [7, 11) is 0. The molecule has 1 atom stereocenters. The first-order valence-electron chi connectivity index (χ1n) is 9.74. The van der Waals surface area contributed by atoms with Crippen molar-refractivity contribution in [3.05, 3.63) is 59.7 Å². The zero-order chi connectivity index (χ0) is 18.8. The van der Waals surface area contributed by atoms with Gasteiger partial charge in [0.05, 0.1) is 18.8 Å². The molecule has 1 fully saturated rings. The van der Waals surface area contributed by atoms with Gasteiger partial charge < -0.3 is 14.7 Å². The van der Waals surface area contributed by atoms with Crippen LogP contribution in [0, 0.1) is 6.92 Å². The number of carbonyl (C=O) groups is 1. The number of nitrogens with zero attached hydrogens (tertiary/aromatic N) is 1. The first-order valence-corrected chi connectivity index (χ1v) is 9.74. The molecule has 27 heavy (non-hydrogen) atoms. The molecule has 0 bridgehead atoms. The minimum Gasteiger partial charge on any atom is -0.467 e. The standard InChI is InChI=1S/C22H27N3O2/c1-15(20-8-5-13-27-20)24-21(26)14-25-11-9-17(10-12-25)22-16(2)23-19-7-4-3-6-18(19)22/h3-8,13,15,17,23H,9-12,14H2,1-2H3,(H,24,26)/t15-/m1/s1. The molecule has 0 saturated carbocycles. The number of H-pyrrole nitrogens is 1. The predicted molar refractivity (Wildman–Crippen MR) is 107 cm³/mol. The van der Waals surface area contributed by atoms with Crippen molar-refractivity contribution in [2.75, 3.05) is 19.6 Å². The van der Waals surface area contributed by atoms with Crippen LogP contribution in [-0.2, 0) is 4.79 Å². The summed E-state index contributed by atoms with van der Waals surface area (Å²) in [5.41, 5.74) is 3.96. The van der Waals surface area contributed by atoms with Crippen LogP contribution in [0.4, 0.5) is 0 Å². The highest BCUT2D eigenvalue weighted by Crippen LogP contribution is 2.35. The Morgan fingerprint density at radius 1 is 1.26 bits per heavy atom. The maximum absolute atomic E-state index is 12.4. The van der Waals surface area contributed by atoms with Crippen LogP contribution in [-0.4, -0.2) is 35.4 Å². The third kappa shape index (κ3) is 3.78. The van der Waals surface area contributed by atoms with Gasteiger partial charge in [-0.1, -0.05) is 18.2 Å². The molecule has 0 unspecified atom stereocenters. The number of hydrogen-bond donors (Lipinski definition) is 2. The van der Waals surface area contributed by atoms with Crippen LogP contribution in [0.2, 0.25) is 0 Å². The normalized spacial score (nSPS) is 17.3. The number of likely N-dealkylation sites (tertiary alicyclic amines) is 1. The molecule has 0 radical (unpaired) electrons. The molecule has 2 aromatic heterocycles. The van der Waals surface area contributed by atoms with Crippen molar-refractivity contribution in [1.29, 1.82) is 0 Å². The van der Waals surface area contributed by atoms with E-state index in [0.717, 1.165) is 31.7 Å². The monoisotopic (exact) mass is 365 g/mol. The molecule has 4 rings (SSSR count). The second-order valence-electron chi connectivity index (χ2n) is 7.56. The number of furan rings is 1. The maximum Gasteiger partial charge on any atom is 0.234 e. The zero-order valence-corrected chi connectivity index (χ0v) is 16.0. The number of nitrogens with one attached hydrogen (secondary N) is 2. The Morgan fingerprint density at radius 3 is 2.78 bits per heavy atom. The molecule has 1 saturated heterocycles. The SMILES string of the molecule is Cc1[nH]c2ccccc2c1C1CCN(CC(=O)N[C@H](C)c2ccco2)CC1. The number of aryl methyl sites for hydroxylation is 1. The summed E-state index contributed by atoms with van der Waals surface area (Å²) in [5, 5.41) is 4.37. The molecule has 5 heteroatoms. The lowest BCUT2D eigenvalue weighted by atomic mass is 9.87. The fraction of sp³-hybridized carbons (Fsp3) is 0.409. The van der Waals surface area contributed by atoms with Gasteiger partial charge in [0.25, 0.3) is 0 Å². The van der Waals surface area contributed by atoms with Gasteiger partial charge >= 0.3 is 0 Å². The van der Waals surface area contributed by atoms with Gasteiger partial charge in [0.15, 0.2) is 0 Å². The fourth-order valence-corrected chi connectivity index (χ4v) is 4.30. The van der Waals surface area contributed by atoms with Crippen molar-refractivity contribution in [1.82, 2.24) is 15.2 Å². The van der Waals surface area contributed by atoms with Gasteiger partial charge in [-0.25, -0.2) is 0 Å². The molecular formula is C22H27N3O2. The van der Waals surface area contributed by atoms with Gasteiger partial charge in [-0.15, -0.1) is 0 Å². The lowest BCUT2D eigenvalue weighted by Gasteiger charge is -2.32. The summed E-state index contributed by atoms with van der Waals surface area (Å²) in [5.74, 6) is 1.40. The number of aromatic nitrogens is 1. The number of benzene rings is 1. The van der Waals surface area contributed by atoms with E-state index < -0.39 is 0 Å². The van der Waals surface area contributed by atoms with Gasteiger partial charge in [-0.2, -0.15) is 0 Å². The Balaban J connectivity index is 1.33. The Hall–Kier alpha value is -2.53. The molecule has 1 aliphatic rings. The van der Waals surface area contributed by atoms with E-state index in [1.54, 1.807) is 6.26 Å². The predicted octanol–water partition coefficient (Wildman–Crippen LogP) is 4.13. The highest BCUT2D eigenvalue weighted by molar-refractivity contribution is 5.85. The van der Waals surface area contributed by atoms with E-state index in [1.165, 1.54) is 22.2 Å². The van der Waals surface area contributed by atoms with Crippen molar-refractivity contribution >= 4 is 16.8 Å². The van der Waals surface area contributed by atoms with Crippen molar-refractivity contribution < 1.29 is 9.21 Å². The van der Waals surface area contributed by atoms with Crippen LogP contribution in [0.15, 0.2) is 47.1 Å². The molecule has 1 aliphatic heterocycles. The first kappa shape index (κ1) is 17.9. The van der Waals surface area contributed by atoms with Crippen LogP contribution in [0.5, 0.6) is 0 Å². The smallest absolute Gasteiger partial charge is 0.234 e. The van der Waals surface area contributed by atoms with Gasteiger partial charge in [0.1, 0.15) is 5.76 Å². The lowest BCUT2D eigenvalue weighted by Crippen LogP contribution is -2.41. The van der Waals surface area contributed by atoms with Crippen molar-refractivity contribution in [2.24, 2.45) is 0 Å². The molecule has 1 amide bonds. The molecule has 3 aromatic rings. The van der Waals surface area contributed by atoms with Crippen molar-refractivity contribution in [3.63, 3.8) is 0 Å². The molecule has 142 valence electrons. The summed E-state index contributed by atoms with van der Waals surface area (Å²) in [6, 6.07) is 12.2. The molecule has 5 nitrogen and oxygen atoms in total. The third-order valence-corrected chi connectivity index (χ3v) is 5.65. The number of rotatable bonds is 5. The molecule has 0 aliphatic carbocycles. The minimum absolute atomic E-state index is 0.0561. The number of amides is 1. The van der Waals surface area contributed by atoms with E-state index in [2.05, 4.69) is 46.4 Å². The molecular weight excluding hydrogens is 338 g/mol. The van der Waals surface area contributed by atoms with Crippen molar-refractivity contribution in [3.8, 4) is 0 Å². The zero-order valence-electron chi connectivity index (χ0n) is 16.0. The second kappa shape index (κ2) is 7.61. The van der Waals surface area contributed by atoms with E-state index in [1.807, 2.05) is 19.1 Å². The van der Waals surface area contributed by atoms with Crippen LogP contribution in [0.3, 0.4) is 0 Å². The highest BCUT2D eigenvalue weighted by Gasteiger charge is 2.25. The van der Waals surface area contributed by atoms with Gasteiger partial charge in [0, 0.05) is 16.6 Å². The highest BCUT2D eigenvalue weighted by atomic mass is 16.3. The average Bonchev–Trinajstić information content (AvgIpc) is 3.29. The topological polar surface area (TPSA) is 61.3 Å².